The molecule has 6 rings (SSSR count). The first-order valence-corrected chi connectivity index (χ1v) is 13.3. The zero-order chi connectivity index (χ0) is 26.6. The number of nitrogens with one attached hydrogen (secondary N) is 1. The fourth-order valence-corrected chi connectivity index (χ4v) is 5.20. The lowest BCUT2D eigenvalue weighted by molar-refractivity contribution is 0.255. The van der Waals surface area contributed by atoms with Crippen molar-refractivity contribution >= 4 is 22.4 Å². The Morgan fingerprint density at radius 3 is 2.28 bits per heavy atom. The van der Waals surface area contributed by atoms with Gasteiger partial charge < -0.3 is 14.8 Å². The van der Waals surface area contributed by atoms with E-state index in [1.165, 1.54) is 16.7 Å². The number of fused-ring (bicyclic) bond motifs is 2. The molecule has 0 spiro atoms. The Labute approximate surface area is 229 Å². The van der Waals surface area contributed by atoms with Crippen molar-refractivity contribution in [1.82, 2.24) is 14.9 Å². The predicted molar refractivity (Wildman–Crippen MR) is 157 cm³/mol. The van der Waals surface area contributed by atoms with Crippen molar-refractivity contribution in [3.8, 4) is 22.9 Å². The molecule has 0 saturated heterocycles. The normalized spacial score (nSPS) is 13.2. The van der Waals surface area contributed by atoms with Gasteiger partial charge in [-0.15, -0.1) is 0 Å². The second-order valence-corrected chi connectivity index (χ2v) is 9.85. The van der Waals surface area contributed by atoms with Crippen molar-refractivity contribution < 1.29 is 9.47 Å². The molecule has 0 unspecified atom stereocenters. The first-order chi connectivity index (χ1) is 19.2. The van der Waals surface area contributed by atoms with Gasteiger partial charge in [-0.25, -0.2) is 9.97 Å². The van der Waals surface area contributed by atoms with Crippen LogP contribution in [0, 0.1) is 0 Å². The number of methoxy groups -OCH3 is 2. The van der Waals surface area contributed by atoms with Gasteiger partial charge in [-0.1, -0.05) is 54.6 Å². The summed E-state index contributed by atoms with van der Waals surface area (Å²) in [6.07, 6.45) is 2.02. The largest absolute Gasteiger partial charge is 0.493 e. The van der Waals surface area contributed by atoms with Crippen LogP contribution in [0.1, 0.15) is 16.7 Å². The third kappa shape index (κ3) is 5.42. The van der Waals surface area contributed by atoms with E-state index >= 15 is 0 Å². The molecule has 196 valence electrons. The van der Waals surface area contributed by atoms with Crippen LogP contribution >= 0.6 is 0 Å². The van der Waals surface area contributed by atoms with Crippen LogP contribution in [-0.4, -0.2) is 42.2 Å². The summed E-state index contributed by atoms with van der Waals surface area (Å²) in [5, 5.41) is 4.54. The van der Waals surface area contributed by atoms with Crippen LogP contribution < -0.4 is 14.8 Å². The van der Waals surface area contributed by atoms with E-state index in [0.717, 1.165) is 71.9 Å². The van der Waals surface area contributed by atoms with Crippen LogP contribution in [0.15, 0.2) is 91.0 Å². The minimum absolute atomic E-state index is 0.715. The number of nitrogens with zero attached hydrogens (tertiary/aromatic N) is 3. The zero-order valence-electron chi connectivity index (χ0n) is 22.4. The number of ether oxygens (including phenoxy) is 2. The van der Waals surface area contributed by atoms with Crippen molar-refractivity contribution in [1.29, 1.82) is 0 Å². The highest BCUT2D eigenvalue weighted by molar-refractivity contribution is 5.92. The van der Waals surface area contributed by atoms with Crippen LogP contribution in [0.2, 0.25) is 0 Å². The topological polar surface area (TPSA) is 59.5 Å². The van der Waals surface area contributed by atoms with Gasteiger partial charge in [0.2, 0.25) is 0 Å². The Morgan fingerprint density at radius 1 is 0.795 bits per heavy atom. The lowest BCUT2D eigenvalue weighted by atomic mass is 9.98. The maximum absolute atomic E-state index is 5.52. The average molecular weight is 517 g/mol. The molecular formula is C33H32N4O2. The summed E-state index contributed by atoms with van der Waals surface area (Å²) in [7, 11) is 3.39. The fraction of sp³-hybridized carbons (Fsp3) is 0.212. The lowest BCUT2D eigenvalue weighted by Crippen LogP contribution is -2.32. The van der Waals surface area contributed by atoms with Gasteiger partial charge >= 0.3 is 0 Å². The molecule has 1 aromatic heterocycles. The fourth-order valence-electron chi connectivity index (χ4n) is 5.20. The number of benzene rings is 4. The molecule has 0 radical (unpaired) electrons. The van der Waals surface area contributed by atoms with E-state index < -0.39 is 0 Å². The highest BCUT2D eigenvalue weighted by Gasteiger charge is 2.19. The minimum Gasteiger partial charge on any atom is -0.493 e. The summed E-state index contributed by atoms with van der Waals surface area (Å²) in [5.74, 6) is 3.14. The van der Waals surface area contributed by atoms with Crippen molar-refractivity contribution in [2.45, 2.75) is 19.4 Å². The van der Waals surface area contributed by atoms with Gasteiger partial charge in [0.15, 0.2) is 17.3 Å². The quantitative estimate of drug-likeness (QED) is 0.249. The Hall–Kier alpha value is -4.42. The summed E-state index contributed by atoms with van der Waals surface area (Å²) < 4.78 is 11.0. The number of para-hydroxylation sites is 1. The molecule has 39 heavy (non-hydrogen) atoms. The highest BCUT2D eigenvalue weighted by Crippen LogP contribution is 2.33. The average Bonchev–Trinajstić information content (AvgIpc) is 3.00. The lowest BCUT2D eigenvalue weighted by Gasteiger charge is -2.29. The molecule has 0 bridgehead atoms. The summed E-state index contributed by atoms with van der Waals surface area (Å²) in [6, 6.07) is 31.2. The molecule has 5 aromatic rings. The monoisotopic (exact) mass is 516 g/mol. The number of aromatic nitrogens is 2. The third-order valence-corrected chi connectivity index (χ3v) is 7.37. The van der Waals surface area contributed by atoms with Gasteiger partial charge in [-0.3, -0.25) is 4.90 Å². The van der Waals surface area contributed by atoms with E-state index in [1.807, 2.05) is 48.5 Å². The molecule has 0 fully saturated rings. The third-order valence-electron chi connectivity index (χ3n) is 7.37. The molecule has 6 nitrogen and oxygen atoms in total. The van der Waals surface area contributed by atoms with E-state index in [1.54, 1.807) is 14.2 Å². The second kappa shape index (κ2) is 11.1. The Kier molecular flexibility index (Phi) is 7.11. The molecule has 6 heteroatoms. The standard InChI is InChI=1S/C33H32N4O2/c1-38-30-20-25-17-19-37(22-26(25)21-31(30)39-2)18-16-23-12-14-27(15-13-23)34-33-28-10-6-7-11-29(28)35-32(36-33)24-8-4-3-5-9-24/h3-15,20-21H,16-19,22H2,1-2H3,(H,34,35,36). The highest BCUT2D eigenvalue weighted by atomic mass is 16.5. The van der Waals surface area contributed by atoms with E-state index in [2.05, 4.69) is 52.7 Å². The molecule has 2 heterocycles. The van der Waals surface area contributed by atoms with Crippen LogP contribution in [-0.2, 0) is 19.4 Å². The van der Waals surface area contributed by atoms with Crippen molar-refractivity contribution in [3.63, 3.8) is 0 Å². The van der Waals surface area contributed by atoms with Crippen molar-refractivity contribution in [3.05, 3.63) is 108 Å². The predicted octanol–water partition coefficient (Wildman–Crippen LogP) is 6.66. The number of anilines is 2. The number of hydrogen-bond acceptors (Lipinski definition) is 6. The summed E-state index contributed by atoms with van der Waals surface area (Å²) in [5.41, 5.74) is 6.92. The van der Waals surface area contributed by atoms with Crippen LogP contribution in [0.5, 0.6) is 11.5 Å². The van der Waals surface area contributed by atoms with E-state index in [0.29, 0.717) is 5.82 Å². The van der Waals surface area contributed by atoms with E-state index in [4.69, 9.17) is 19.4 Å². The molecule has 0 amide bonds. The first-order valence-electron chi connectivity index (χ1n) is 13.3. The van der Waals surface area contributed by atoms with Gasteiger partial charge in [0.05, 0.1) is 19.7 Å². The van der Waals surface area contributed by atoms with Gasteiger partial charge in [0, 0.05) is 36.3 Å². The van der Waals surface area contributed by atoms with Crippen LogP contribution in [0.25, 0.3) is 22.3 Å². The maximum atomic E-state index is 5.52. The van der Waals surface area contributed by atoms with Gasteiger partial charge in [0.1, 0.15) is 5.82 Å². The summed E-state index contributed by atoms with van der Waals surface area (Å²) >= 11 is 0. The van der Waals surface area contributed by atoms with Crippen molar-refractivity contribution in [2.75, 3.05) is 32.6 Å². The summed E-state index contributed by atoms with van der Waals surface area (Å²) in [4.78, 5) is 12.2. The SMILES string of the molecule is COc1cc2c(cc1OC)CN(CCc1ccc(Nc3nc(-c4ccccc4)nc4ccccc34)cc1)CC2. The molecule has 1 N–H and O–H groups in total. The number of rotatable bonds is 8. The smallest absolute Gasteiger partial charge is 0.162 e. The van der Waals surface area contributed by atoms with E-state index in [-0.39, 0.29) is 0 Å². The molecule has 0 saturated carbocycles. The van der Waals surface area contributed by atoms with Crippen LogP contribution in [0.4, 0.5) is 11.5 Å². The van der Waals surface area contributed by atoms with Gasteiger partial charge in [0.25, 0.3) is 0 Å². The molecule has 1 aliphatic heterocycles. The Bertz CT molecular complexity index is 1590. The Balaban J connectivity index is 1.14. The number of hydrogen-bond donors (Lipinski definition) is 1. The summed E-state index contributed by atoms with van der Waals surface area (Å²) in [6.45, 7) is 2.99. The van der Waals surface area contributed by atoms with Crippen molar-refractivity contribution in [2.24, 2.45) is 0 Å². The molecular weight excluding hydrogens is 484 g/mol. The molecule has 0 atom stereocenters. The minimum atomic E-state index is 0.715. The van der Waals surface area contributed by atoms with Gasteiger partial charge in [-0.05, 0) is 65.9 Å². The van der Waals surface area contributed by atoms with Crippen LogP contribution in [0.3, 0.4) is 0 Å². The Morgan fingerprint density at radius 2 is 1.51 bits per heavy atom. The molecule has 4 aromatic carbocycles. The molecule has 0 aliphatic carbocycles. The molecule has 1 aliphatic rings. The van der Waals surface area contributed by atoms with E-state index in [9.17, 15) is 0 Å². The first kappa shape index (κ1) is 24.9. The zero-order valence-corrected chi connectivity index (χ0v) is 22.4. The van der Waals surface area contributed by atoms with Gasteiger partial charge in [-0.2, -0.15) is 0 Å². The second-order valence-electron chi connectivity index (χ2n) is 9.85. The maximum Gasteiger partial charge on any atom is 0.162 e.